The third-order valence-electron chi connectivity index (χ3n) is 4.95. The number of Topliss-reactive ketones (excluding diaryl/α,β-unsaturated/α-hetero) is 1. The predicted molar refractivity (Wildman–Crippen MR) is 104 cm³/mol. The Bertz CT molecular complexity index is 983. The van der Waals surface area contributed by atoms with Crippen LogP contribution in [0, 0.1) is 10.1 Å². The maximum absolute atomic E-state index is 12.7. The third-order valence-corrected chi connectivity index (χ3v) is 4.95. The average molecular weight is 399 g/mol. The van der Waals surface area contributed by atoms with Crippen molar-refractivity contribution in [3.05, 3.63) is 62.7 Å². The molecule has 0 heterocycles. The molecular formula is C21H21NO7. The number of benzene rings is 2. The first-order valence-electron chi connectivity index (χ1n) is 9.13. The number of esters is 1. The van der Waals surface area contributed by atoms with Crippen LogP contribution in [0.1, 0.15) is 45.2 Å². The molecule has 152 valence electrons. The van der Waals surface area contributed by atoms with E-state index in [9.17, 15) is 19.7 Å². The van der Waals surface area contributed by atoms with Gasteiger partial charge in [0.1, 0.15) is 5.56 Å². The summed E-state index contributed by atoms with van der Waals surface area (Å²) in [7, 11) is 2.68. The highest BCUT2D eigenvalue weighted by Gasteiger charge is 2.29. The van der Waals surface area contributed by atoms with Gasteiger partial charge in [-0.25, -0.2) is 4.79 Å². The van der Waals surface area contributed by atoms with Gasteiger partial charge < -0.3 is 14.2 Å². The molecule has 0 saturated carbocycles. The van der Waals surface area contributed by atoms with E-state index in [0.717, 1.165) is 30.9 Å². The van der Waals surface area contributed by atoms with Crippen molar-refractivity contribution in [2.45, 2.75) is 32.3 Å². The largest absolute Gasteiger partial charge is 0.493 e. The van der Waals surface area contributed by atoms with Crippen LogP contribution in [0.4, 0.5) is 5.69 Å². The minimum absolute atomic E-state index is 0.109. The van der Waals surface area contributed by atoms with E-state index in [1.165, 1.54) is 32.8 Å². The summed E-state index contributed by atoms with van der Waals surface area (Å²) < 4.78 is 15.4. The van der Waals surface area contributed by atoms with Gasteiger partial charge in [-0.3, -0.25) is 14.9 Å². The molecule has 2 aromatic carbocycles. The number of aryl methyl sites for hydroxylation is 2. The Morgan fingerprint density at radius 1 is 1.03 bits per heavy atom. The zero-order valence-corrected chi connectivity index (χ0v) is 16.4. The lowest BCUT2D eigenvalue weighted by Gasteiger charge is -2.14. The summed E-state index contributed by atoms with van der Waals surface area (Å²) in [5.74, 6) is -1.10. The zero-order chi connectivity index (χ0) is 21.1. The molecule has 8 heteroatoms. The first-order chi connectivity index (χ1) is 13.8. The molecule has 1 atom stereocenters. The van der Waals surface area contributed by atoms with Gasteiger partial charge in [-0.05, 0) is 43.4 Å². The Kier molecular flexibility index (Phi) is 5.81. The van der Waals surface area contributed by atoms with Gasteiger partial charge in [-0.2, -0.15) is 0 Å². The molecule has 2 aromatic rings. The number of methoxy groups -OCH3 is 2. The molecule has 0 aromatic heterocycles. The van der Waals surface area contributed by atoms with E-state index < -0.39 is 22.7 Å². The molecule has 29 heavy (non-hydrogen) atoms. The molecule has 1 aliphatic rings. The van der Waals surface area contributed by atoms with Crippen molar-refractivity contribution in [1.29, 1.82) is 0 Å². The van der Waals surface area contributed by atoms with Crippen molar-refractivity contribution in [1.82, 2.24) is 0 Å². The van der Waals surface area contributed by atoms with Crippen molar-refractivity contribution < 1.29 is 28.7 Å². The number of ether oxygens (including phenoxy) is 3. The summed E-state index contributed by atoms with van der Waals surface area (Å²) >= 11 is 0. The standard InChI is InChI=1S/C21H21NO7/c1-12(20(23)15-8-7-13-5-4-6-14(13)9-15)29-21(24)16-10-18(27-2)19(28-3)11-17(16)22(25)26/h7-12H,4-6H2,1-3H3/t12-/m0/s1. The minimum Gasteiger partial charge on any atom is -0.493 e. The second kappa shape index (κ2) is 8.30. The van der Waals surface area contributed by atoms with Crippen LogP contribution in [-0.2, 0) is 17.6 Å². The van der Waals surface area contributed by atoms with Gasteiger partial charge in [-0.15, -0.1) is 0 Å². The molecule has 0 aliphatic heterocycles. The molecule has 0 bridgehead atoms. The highest BCUT2D eigenvalue weighted by atomic mass is 16.6. The molecule has 0 unspecified atom stereocenters. The van der Waals surface area contributed by atoms with E-state index in [1.54, 1.807) is 6.07 Å². The van der Waals surface area contributed by atoms with E-state index in [2.05, 4.69) is 0 Å². The monoisotopic (exact) mass is 399 g/mol. The molecule has 0 amide bonds. The molecular weight excluding hydrogens is 378 g/mol. The number of nitrogens with zero attached hydrogens (tertiary/aromatic N) is 1. The molecule has 3 rings (SSSR count). The highest BCUT2D eigenvalue weighted by molar-refractivity contribution is 6.02. The van der Waals surface area contributed by atoms with Gasteiger partial charge in [0.05, 0.1) is 25.2 Å². The topological polar surface area (TPSA) is 105 Å². The Morgan fingerprint density at radius 2 is 1.69 bits per heavy atom. The lowest BCUT2D eigenvalue weighted by Crippen LogP contribution is -2.25. The normalized spacial score (nSPS) is 13.3. The van der Waals surface area contributed by atoms with Crippen LogP contribution >= 0.6 is 0 Å². The summed E-state index contributed by atoms with van der Waals surface area (Å²) in [6.45, 7) is 1.44. The van der Waals surface area contributed by atoms with Gasteiger partial charge in [-0.1, -0.05) is 12.1 Å². The molecule has 1 aliphatic carbocycles. The van der Waals surface area contributed by atoms with Crippen LogP contribution in [0.25, 0.3) is 0 Å². The van der Waals surface area contributed by atoms with Crippen LogP contribution in [0.3, 0.4) is 0 Å². The Hall–Kier alpha value is -3.42. The van der Waals surface area contributed by atoms with E-state index in [4.69, 9.17) is 14.2 Å². The zero-order valence-electron chi connectivity index (χ0n) is 16.4. The van der Waals surface area contributed by atoms with Crippen molar-refractivity contribution in [3.8, 4) is 11.5 Å². The molecule has 0 N–H and O–H groups in total. The summed E-state index contributed by atoms with van der Waals surface area (Å²) in [6.07, 6.45) is 1.87. The van der Waals surface area contributed by atoms with Crippen molar-refractivity contribution in [2.75, 3.05) is 14.2 Å². The summed E-state index contributed by atoms with van der Waals surface area (Å²) in [5.41, 5.74) is 2.00. The van der Waals surface area contributed by atoms with E-state index >= 15 is 0 Å². The number of fused-ring (bicyclic) bond motifs is 1. The predicted octanol–water partition coefficient (Wildman–Crippen LogP) is 3.53. The summed E-state index contributed by atoms with van der Waals surface area (Å²) in [5, 5.41) is 11.4. The van der Waals surface area contributed by atoms with Crippen molar-refractivity contribution >= 4 is 17.4 Å². The van der Waals surface area contributed by atoms with Crippen LogP contribution in [0.5, 0.6) is 11.5 Å². The fourth-order valence-electron chi connectivity index (χ4n) is 3.42. The molecule has 0 spiro atoms. The number of rotatable bonds is 7. The number of ketones is 1. The van der Waals surface area contributed by atoms with E-state index in [0.29, 0.717) is 5.56 Å². The molecule has 0 fully saturated rings. The first-order valence-corrected chi connectivity index (χ1v) is 9.13. The average Bonchev–Trinajstić information content (AvgIpc) is 3.19. The number of nitro benzene ring substituents is 1. The van der Waals surface area contributed by atoms with Crippen LogP contribution in [0.2, 0.25) is 0 Å². The van der Waals surface area contributed by atoms with Gasteiger partial charge in [0.25, 0.3) is 5.69 Å². The van der Waals surface area contributed by atoms with Crippen LogP contribution < -0.4 is 9.47 Å². The lowest BCUT2D eigenvalue weighted by atomic mass is 10.0. The quantitative estimate of drug-likeness (QED) is 0.303. The fraction of sp³-hybridized carbons (Fsp3) is 0.333. The number of nitro groups is 1. The smallest absolute Gasteiger partial charge is 0.346 e. The highest BCUT2D eigenvalue weighted by Crippen LogP contribution is 2.35. The van der Waals surface area contributed by atoms with Crippen LogP contribution in [0.15, 0.2) is 30.3 Å². The lowest BCUT2D eigenvalue weighted by molar-refractivity contribution is -0.385. The van der Waals surface area contributed by atoms with E-state index in [1.807, 2.05) is 12.1 Å². The Morgan fingerprint density at radius 3 is 2.34 bits per heavy atom. The van der Waals surface area contributed by atoms with Gasteiger partial charge in [0, 0.05) is 11.6 Å². The second-order valence-corrected chi connectivity index (χ2v) is 6.73. The number of carbonyl (C=O) groups excluding carboxylic acids is 2. The first kappa shape index (κ1) is 20.3. The third kappa shape index (κ3) is 4.06. The van der Waals surface area contributed by atoms with Crippen LogP contribution in [-0.4, -0.2) is 37.0 Å². The van der Waals surface area contributed by atoms with Crippen molar-refractivity contribution in [3.63, 3.8) is 0 Å². The Labute approximate surface area is 167 Å². The number of hydrogen-bond donors (Lipinski definition) is 0. The number of hydrogen-bond acceptors (Lipinski definition) is 7. The summed E-state index contributed by atoms with van der Waals surface area (Å²) in [6, 6.07) is 7.72. The van der Waals surface area contributed by atoms with Gasteiger partial charge in [0.15, 0.2) is 17.6 Å². The van der Waals surface area contributed by atoms with E-state index in [-0.39, 0.29) is 22.8 Å². The SMILES string of the molecule is COc1cc(C(=O)O[C@@H](C)C(=O)c2ccc3c(c2)CCC3)c([N+](=O)[O-])cc1OC. The van der Waals surface area contributed by atoms with Gasteiger partial charge >= 0.3 is 5.97 Å². The maximum Gasteiger partial charge on any atom is 0.346 e. The molecule has 8 nitrogen and oxygen atoms in total. The van der Waals surface area contributed by atoms with Gasteiger partial charge in [0.2, 0.25) is 5.78 Å². The minimum atomic E-state index is -1.10. The maximum atomic E-state index is 12.7. The number of carbonyl (C=O) groups is 2. The summed E-state index contributed by atoms with van der Waals surface area (Å²) in [4.78, 5) is 36.0. The molecule has 0 saturated heterocycles. The second-order valence-electron chi connectivity index (χ2n) is 6.73. The fourth-order valence-corrected chi connectivity index (χ4v) is 3.42. The Balaban J connectivity index is 1.83. The molecule has 0 radical (unpaired) electrons. The van der Waals surface area contributed by atoms with Crippen molar-refractivity contribution in [2.24, 2.45) is 0 Å².